The highest BCUT2D eigenvalue weighted by Gasteiger charge is 2.35. The van der Waals surface area contributed by atoms with Crippen molar-refractivity contribution in [3.8, 4) is 6.01 Å². The second kappa shape index (κ2) is 3.20. The number of hydrogen-bond acceptors (Lipinski definition) is 5. The summed E-state index contributed by atoms with van der Waals surface area (Å²) in [7, 11) is 1.78. The fraction of sp³-hybridized carbons (Fsp3) is 0.625. The molecule has 0 saturated heterocycles. The summed E-state index contributed by atoms with van der Waals surface area (Å²) < 4.78 is 7.19. The van der Waals surface area contributed by atoms with Crippen LogP contribution in [0.25, 0.3) is 0 Å². The summed E-state index contributed by atoms with van der Waals surface area (Å²) in [5, 5.41) is 13.5. The largest absolute Gasteiger partial charge is 0.424 e. The molecule has 1 aliphatic rings. The van der Waals surface area contributed by atoms with E-state index in [-0.39, 0.29) is 5.82 Å². The van der Waals surface area contributed by atoms with E-state index in [1.54, 1.807) is 11.6 Å². The molecule has 0 radical (unpaired) electrons. The van der Waals surface area contributed by atoms with E-state index in [9.17, 15) is 10.1 Å². The van der Waals surface area contributed by atoms with Gasteiger partial charge in [-0.1, -0.05) is 0 Å². The van der Waals surface area contributed by atoms with Gasteiger partial charge in [-0.25, -0.2) is 0 Å². The molecule has 0 fully saturated rings. The molecule has 0 spiro atoms. The molecule has 15 heavy (non-hydrogen) atoms. The molecule has 2 rings (SSSR count). The van der Waals surface area contributed by atoms with Gasteiger partial charge in [0.15, 0.2) is 5.72 Å². The fourth-order valence-electron chi connectivity index (χ4n) is 1.48. The van der Waals surface area contributed by atoms with E-state index in [1.807, 2.05) is 6.92 Å². The first-order valence-electron chi connectivity index (χ1n) is 4.63. The van der Waals surface area contributed by atoms with Gasteiger partial charge in [-0.2, -0.15) is 0 Å². The predicted molar refractivity (Wildman–Crippen MR) is 51.6 cm³/mol. The maximum absolute atomic E-state index is 10.5. The zero-order valence-electron chi connectivity index (χ0n) is 8.56. The molecule has 1 aromatic rings. The van der Waals surface area contributed by atoms with E-state index < -0.39 is 10.6 Å². The van der Waals surface area contributed by atoms with Crippen molar-refractivity contribution in [1.29, 1.82) is 0 Å². The lowest BCUT2D eigenvalue weighted by molar-refractivity contribution is -0.389. The van der Waals surface area contributed by atoms with Crippen LogP contribution in [-0.4, -0.2) is 27.2 Å². The number of nitrogens with one attached hydrogen (secondary N) is 1. The lowest BCUT2D eigenvalue weighted by Crippen LogP contribution is -2.49. The van der Waals surface area contributed by atoms with Crippen LogP contribution < -0.4 is 10.1 Å². The first-order chi connectivity index (χ1) is 7.04. The van der Waals surface area contributed by atoms with Crippen molar-refractivity contribution in [3.63, 3.8) is 0 Å². The van der Waals surface area contributed by atoms with Gasteiger partial charge in [0.25, 0.3) is 0 Å². The second-order valence-electron chi connectivity index (χ2n) is 3.67. The van der Waals surface area contributed by atoms with Crippen molar-refractivity contribution in [1.82, 2.24) is 14.9 Å². The molecule has 0 amide bonds. The number of imidazole rings is 1. The van der Waals surface area contributed by atoms with Crippen molar-refractivity contribution >= 4 is 5.82 Å². The smallest absolute Gasteiger partial charge is 0.416 e. The number of aromatic nitrogens is 2. The van der Waals surface area contributed by atoms with Gasteiger partial charge in [0.2, 0.25) is 0 Å². The summed E-state index contributed by atoms with van der Waals surface area (Å²) in [6.45, 7) is 2.55. The van der Waals surface area contributed by atoms with Crippen LogP contribution in [0.3, 0.4) is 0 Å². The third-order valence-electron chi connectivity index (χ3n) is 2.59. The number of rotatable bonds is 2. The summed E-state index contributed by atoms with van der Waals surface area (Å²) in [5.41, 5.74) is -0.491. The van der Waals surface area contributed by atoms with E-state index in [4.69, 9.17) is 4.74 Å². The van der Waals surface area contributed by atoms with Crippen molar-refractivity contribution < 1.29 is 9.66 Å². The molecule has 1 aromatic heterocycles. The van der Waals surface area contributed by atoms with Gasteiger partial charge in [0, 0.05) is 17.9 Å². The summed E-state index contributed by atoms with van der Waals surface area (Å²) in [6.07, 6.45) is 2.13. The number of hydrogen-bond donors (Lipinski definition) is 1. The van der Waals surface area contributed by atoms with Crippen LogP contribution in [0.4, 0.5) is 5.82 Å². The molecule has 0 saturated carbocycles. The topological polar surface area (TPSA) is 82.2 Å². The van der Waals surface area contributed by atoms with Gasteiger partial charge >= 0.3 is 11.8 Å². The Morgan fingerprint density at radius 3 is 3.13 bits per heavy atom. The monoisotopic (exact) mass is 212 g/mol. The maximum Gasteiger partial charge on any atom is 0.416 e. The Morgan fingerprint density at radius 2 is 2.53 bits per heavy atom. The zero-order valence-corrected chi connectivity index (χ0v) is 8.56. The van der Waals surface area contributed by atoms with Gasteiger partial charge < -0.3 is 14.9 Å². The normalized spacial score (nSPS) is 24.4. The Hall–Kier alpha value is -1.63. The Balaban J connectivity index is 2.30. The van der Waals surface area contributed by atoms with Gasteiger partial charge in [0.05, 0.1) is 0 Å². The molecule has 0 aromatic carbocycles. The summed E-state index contributed by atoms with van der Waals surface area (Å²) in [4.78, 5) is 13.8. The molecule has 0 aliphatic carbocycles. The first kappa shape index (κ1) is 9.91. The van der Waals surface area contributed by atoms with Crippen LogP contribution in [-0.2, 0) is 6.54 Å². The third-order valence-corrected chi connectivity index (χ3v) is 2.59. The van der Waals surface area contributed by atoms with E-state index in [0.717, 1.165) is 6.42 Å². The van der Waals surface area contributed by atoms with E-state index in [1.165, 1.54) is 6.20 Å². The number of aryl methyl sites for hydroxylation is 1. The van der Waals surface area contributed by atoms with Gasteiger partial charge in [-0.3, -0.25) is 9.88 Å². The molecule has 7 nitrogen and oxygen atoms in total. The standard InChI is InChI=1S/C8H12N4O3/c1-8(9-2)3-4-11-5-6(12(13)14)10-7(11)15-8/h5,9H,3-4H2,1-2H3. The molecule has 7 heteroatoms. The molecule has 2 heterocycles. The lowest BCUT2D eigenvalue weighted by Gasteiger charge is -2.31. The predicted octanol–water partition coefficient (Wildman–Crippen LogP) is 0.509. The minimum atomic E-state index is -0.522. The lowest BCUT2D eigenvalue weighted by atomic mass is 10.1. The molecule has 1 unspecified atom stereocenters. The van der Waals surface area contributed by atoms with Crippen molar-refractivity contribution in [3.05, 3.63) is 16.3 Å². The van der Waals surface area contributed by atoms with Gasteiger partial charge in [-0.15, -0.1) is 0 Å². The van der Waals surface area contributed by atoms with Crippen LogP contribution in [0.1, 0.15) is 13.3 Å². The molecule has 1 aliphatic heterocycles. The number of nitrogens with zero attached hydrogens (tertiary/aromatic N) is 3. The van der Waals surface area contributed by atoms with Crippen LogP contribution in [0.2, 0.25) is 0 Å². The minimum Gasteiger partial charge on any atom is -0.424 e. The van der Waals surface area contributed by atoms with E-state index in [0.29, 0.717) is 12.6 Å². The Kier molecular flexibility index (Phi) is 2.11. The quantitative estimate of drug-likeness (QED) is 0.570. The summed E-state index contributed by atoms with van der Waals surface area (Å²) >= 11 is 0. The number of ether oxygens (including phenoxy) is 1. The summed E-state index contributed by atoms with van der Waals surface area (Å²) in [6, 6.07) is 0.296. The highest BCUT2D eigenvalue weighted by molar-refractivity contribution is 5.22. The van der Waals surface area contributed by atoms with Crippen molar-refractivity contribution in [2.75, 3.05) is 7.05 Å². The molecule has 0 bridgehead atoms. The van der Waals surface area contributed by atoms with Crippen molar-refractivity contribution in [2.24, 2.45) is 0 Å². The Labute approximate surface area is 86.2 Å². The van der Waals surface area contributed by atoms with Gasteiger partial charge in [-0.05, 0) is 18.9 Å². The minimum absolute atomic E-state index is 0.176. The number of nitro groups is 1. The Bertz CT molecular complexity index is 403. The first-order valence-corrected chi connectivity index (χ1v) is 4.63. The average Bonchev–Trinajstić information content (AvgIpc) is 2.60. The van der Waals surface area contributed by atoms with Crippen LogP contribution in [0.5, 0.6) is 6.01 Å². The van der Waals surface area contributed by atoms with Crippen molar-refractivity contribution in [2.45, 2.75) is 25.6 Å². The molecular weight excluding hydrogens is 200 g/mol. The van der Waals surface area contributed by atoms with Crippen LogP contribution in [0, 0.1) is 10.1 Å². The third kappa shape index (κ3) is 1.65. The SMILES string of the molecule is CNC1(C)CCn2cc([N+](=O)[O-])nc2O1. The fourth-order valence-corrected chi connectivity index (χ4v) is 1.48. The summed E-state index contributed by atoms with van der Waals surface area (Å²) in [5.74, 6) is -0.176. The van der Waals surface area contributed by atoms with Crippen LogP contribution >= 0.6 is 0 Å². The molecule has 1 N–H and O–H groups in total. The molecule has 82 valence electrons. The average molecular weight is 212 g/mol. The maximum atomic E-state index is 10.5. The highest BCUT2D eigenvalue weighted by Crippen LogP contribution is 2.27. The molecule has 1 atom stereocenters. The van der Waals surface area contributed by atoms with E-state index >= 15 is 0 Å². The highest BCUT2D eigenvalue weighted by atomic mass is 16.6. The van der Waals surface area contributed by atoms with Gasteiger partial charge in [0.1, 0.15) is 6.20 Å². The zero-order chi connectivity index (χ0) is 11.1. The Morgan fingerprint density at radius 1 is 1.80 bits per heavy atom. The molecular formula is C8H12N4O3. The van der Waals surface area contributed by atoms with E-state index in [2.05, 4.69) is 10.3 Å². The second-order valence-corrected chi connectivity index (χ2v) is 3.67. The number of fused-ring (bicyclic) bond motifs is 1. The van der Waals surface area contributed by atoms with Crippen LogP contribution in [0.15, 0.2) is 6.20 Å².